The highest BCUT2D eigenvalue weighted by atomic mass is 16.7. The monoisotopic (exact) mass is 224 g/mol. The summed E-state index contributed by atoms with van der Waals surface area (Å²) >= 11 is 0. The Morgan fingerprint density at radius 3 is 2.50 bits per heavy atom. The molecule has 0 aliphatic heterocycles. The van der Waals surface area contributed by atoms with Crippen LogP contribution in [-0.2, 0) is 10.2 Å². The smallest absolute Gasteiger partial charge is 0.189 e. The summed E-state index contributed by atoms with van der Waals surface area (Å²) in [5.74, 6) is 0.676. The van der Waals surface area contributed by atoms with E-state index in [0.29, 0.717) is 12.4 Å². The van der Waals surface area contributed by atoms with E-state index in [1.165, 1.54) is 0 Å². The molecule has 1 N–H and O–H groups in total. The largest absolute Gasteiger partial charge is 0.504 e. The van der Waals surface area contributed by atoms with Crippen molar-refractivity contribution in [2.24, 2.45) is 0 Å². The number of ether oxygens (including phenoxy) is 2. The first kappa shape index (κ1) is 12.8. The Morgan fingerprint density at radius 2 is 1.94 bits per heavy atom. The Bertz CT molecular complexity index is 340. The molecule has 1 aromatic carbocycles. The normalized spacial score (nSPS) is 11.5. The molecule has 16 heavy (non-hydrogen) atoms. The summed E-state index contributed by atoms with van der Waals surface area (Å²) < 4.78 is 10.6. The van der Waals surface area contributed by atoms with Crippen molar-refractivity contribution in [2.45, 2.75) is 33.1 Å². The van der Waals surface area contributed by atoms with Gasteiger partial charge in [0.1, 0.15) is 0 Å². The van der Waals surface area contributed by atoms with E-state index in [1.54, 1.807) is 6.07 Å². The van der Waals surface area contributed by atoms with Gasteiger partial charge in [-0.3, -0.25) is 0 Å². The minimum atomic E-state index is -0.0692. The van der Waals surface area contributed by atoms with Crippen LogP contribution in [0, 0.1) is 0 Å². The number of phenols is 1. The van der Waals surface area contributed by atoms with Crippen LogP contribution < -0.4 is 4.74 Å². The molecule has 3 heteroatoms. The minimum Gasteiger partial charge on any atom is -0.504 e. The second kappa shape index (κ2) is 5.21. The molecule has 0 aromatic heterocycles. The number of aromatic hydroxyl groups is 1. The molecule has 1 rings (SSSR count). The average molecular weight is 224 g/mol. The van der Waals surface area contributed by atoms with E-state index in [0.717, 1.165) is 5.56 Å². The molecule has 0 bridgehead atoms. The summed E-state index contributed by atoms with van der Waals surface area (Å²) in [7, 11) is 0. The molecule has 0 amide bonds. The lowest BCUT2D eigenvalue weighted by Crippen LogP contribution is -2.14. The van der Waals surface area contributed by atoms with Crippen LogP contribution in [0.2, 0.25) is 0 Å². The maximum absolute atomic E-state index is 9.77. The topological polar surface area (TPSA) is 38.7 Å². The van der Waals surface area contributed by atoms with Gasteiger partial charge in [0.25, 0.3) is 0 Å². The predicted octanol–water partition coefficient (Wildman–Crippen LogP) is 3.06. The number of benzene rings is 1. The third-order valence-electron chi connectivity index (χ3n) is 2.29. The second-order valence-corrected chi connectivity index (χ2v) is 4.66. The first-order chi connectivity index (χ1) is 7.46. The third-order valence-corrected chi connectivity index (χ3v) is 2.29. The van der Waals surface area contributed by atoms with Crippen molar-refractivity contribution in [3.05, 3.63) is 23.8 Å². The van der Waals surface area contributed by atoms with Crippen LogP contribution in [0.3, 0.4) is 0 Å². The molecule has 0 aliphatic rings. The molecular weight excluding hydrogens is 204 g/mol. The standard InChI is InChI=1S/C13H20O3/c1-5-15-9-16-12-10(13(2,3)4)7-6-8-11(12)14/h6-8,14H,5,9H2,1-4H3. The second-order valence-electron chi connectivity index (χ2n) is 4.66. The van der Waals surface area contributed by atoms with Gasteiger partial charge in [0.05, 0.1) is 0 Å². The van der Waals surface area contributed by atoms with E-state index in [4.69, 9.17) is 9.47 Å². The van der Waals surface area contributed by atoms with E-state index in [9.17, 15) is 5.11 Å². The number of hydrogen-bond donors (Lipinski definition) is 1. The Kier molecular flexibility index (Phi) is 4.19. The summed E-state index contributed by atoms with van der Waals surface area (Å²) in [5, 5.41) is 9.77. The van der Waals surface area contributed by atoms with Gasteiger partial charge in [0.2, 0.25) is 0 Å². The van der Waals surface area contributed by atoms with Gasteiger partial charge in [-0.25, -0.2) is 0 Å². The van der Waals surface area contributed by atoms with Gasteiger partial charge in [-0.2, -0.15) is 0 Å². The zero-order valence-electron chi connectivity index (χ0n) is 10.4. The van der Waals surface area contributed by atoms with Gasteiger partial charge >= 0.3 is 0 Å². The van der Waals surface area contributed by atoms with Crippen molar-refractivity contribution in [2.75, 3.05) is 13.4 Å². The Morgan fingerprint density at radius 1 is 1.25 bits per heavy atom. The summed E-state index contributed by atoms with van der Waals surface area (Å²) in [6, 6.07) is 5.40. The molecule has 0 aliphatic carbocycles. The molecule has 90 valence electrons. The van der Waals surface area contributed by atoms with E-state index < -0.39 is 0 Å². The SMILES string of the molecule is CCOCOc1c(O)cccc1C(C)(C)C. The lowest BCUT2D eigenvalue weighted by atomic mass is 9.86. The molecular formula is C13H20O3. The fourth-order valence-corrected chi connectivity index (χ4v) is 1.45. The maximum Gasteiger partial charge on any atom is 0.189 e. The maximum atomic E-state index is 9.77. The predicted molar refractivity (Wildman–Crippen MR) is 63.9 cm³/mol. The molecule has 0 radical (unpaired) electrons. The summed E-state index contributed by atoms with van der Waals surface area (Å²) in [6.45, 7) is 8.90. The summed E-state index contributed by atoms with van der Waals surface area (Å²) in [5.41, 5.74) is 0.910. The van der Waals surface area contributed by atoms with Gasteiger partial charge in [-0.1, -0.05) is 32.9 Å². The molecule has 0 unspecified atom stereocenters. The Hall–Kier alpha value is -1.22. The molecule has 0 fully saturated rings. The number of rotatable bonds is 4. The fourth-order valence-electron chi connectivity index (χ4n) is 1.45. The Labute approximate surface area is 97.0 Å². The zero-order valence-corrected chi connectivity index (χ0v) is 10.4. The first-order valence-corrected chi connectivity index (χ1v) is 5.49. The van der Waals surface area contributed by atoms with E-state index in [1.807, 2.05) is 19.1 Å². The van der Waals surface area contributed by atoms with Crippen molar-refractivity contribution in [3.8, 4) is 11.5 Å². The highest BCUT2D eigenvalue weighted by molar-refractivity contribution is 5.48. The fraction of sp³-hybridized carbons (Fsp3) is 0.538. The number of para-hydroxylation sites is 1. The van der Waals surface area contributed by atoms with Crippen molar-refractivity contribution in [3.63, 3.8) is 0 Å². The van der Waals surface area contributed by atoms with Crippen LogP contribution in [0.5, 0.6) is 11.5 Å². The quantitative estimate of drug-likeness (QED) is 0.631. The highest BCUT2D eigenvalue weighted by Gasteiger charge is 2.21. The number of phenolic OH excluding ortho intramolecular Hbond substituents is 1. The van der Waals surface area contributed by atoms with Crippen LogP contribution in [0.1, 0.15) is 33.3 Å². The van der Waals surface area contributed by atoms with Gasteiger partial charge in [-0.15, -0.1) is 0 Å². The van der Waals surface area contributed by atoms with Gasteiger partial charge in [0.15, 0.2) is 18.3 Å². The van der Waals surface area contributed by atoms with Crippen LogP contribution in [0.15, 0.2) is 18.2 Å². The van der Waals surface area contributed by atoms with Crippen molar-refractivity contribution in [1.29, 1.82) is 0 Å². The summed E-state index contributed by atoms with van der Waals surface area (Å²) in [6.07, 6.45) is 0. The van der Waals surface area contributed by atoms with Gasteiger partial charge in [0, 0.05) is 12.2 Å². The van der Waals surface area contributed by atoms with E-state index in [-0.39, 0.29) is 18.0 Å². The highest BCUT2D eigenvalue weighted by Crippen LogP contribution is 2.37. The number of hydrogen-bond acceptors (Lipinski definition) is 3. The molecule has 0 spiro atoms. The molecule has 1 aromatic rings. The van der Waals surface area contributed by atoms with Crippen LogP contribution in [0.4, 0.5) is 0 Å². The van der Waals surface area contributed by atoms with Gasteiger partial charge < -0.3 is 14.6 Å². The van der Waals surface area contributed by atoms with E-state index in [2.05, 4.69) is 20.8 Å². The van der Waals surface area contributed by atoms with Crippen LogP contribution in [-0.4, -0.2) is 18.5 Å². The minimum absolute atomic E-state index is 0.0692. The van der Waals surface area contributed by atoms with Crippen molar-refractivity contribution in [1.82, 2.24) is 0 Å². The Balaban J connectivity index is 2.95. The van der Waals surface area contributed by atoms with E-state index >= 15 is 0 Å². The molecule has 0 saturated carbocycles. The first-order valence-electron chi connectivity index (χ1n) is 5.49. The van der Waals surface area contributed by atoms with Crippen LogP contribution in [0.25, 0.3) is 0 Å². The van der Waals surface area contributed by atoms with Crippen molar-refractivity contribution < 1.29 is 14.6 Å². The summed E-state index contributed by atoms with van der Waals surface area (Å²) in [4.78, 5) is 0. The molecule has 0 saturated heterocycles. The molecule has 3 nitrogen and oxygen atoms in total. The molecule has 0 heterocycles. The van der Waals surface area contributed by atoms with Gasteiger partial charge in [-0.05, 0) is 18.4 Å². The lowest BCUT2D eigenvalue weighted by molar-refractivity contribution is 0.0198. The molecule has 0 atom stereocenters. The zero-order chi connectivity index (χ0) is 12.2. The average Bonchev–Trinajstić information content (AvgIpc) is 2.19. The lowest BCUT2D eigenvalue weighted by Gasteiger charge is -2.23. The van der Waals surface area contributed by atoms with Crippen molar-refractivity contribution >= 4 is 0 Å². The van der Waals surface area contributed by atoms with Crippen LogP contribution >= 0.6 is 0 Å². The third kappa shape index (κ3) is 3.14.